The highest BCUT2D eigenvalue weighted by Crippen LogP contribution is 2.34. The van der Waals surface area contributed by atoms with Gasteiger partial charge in [0.15, 0.2) is 0 Å². The molecule has 1 aliphatic carbocycles. The molecule has 1 aromatic rings. The van der Waals surface area contributed by atoms with Gasteiger partial charge in [0, 0.05) is 30.4 Å². The number of hydrogen-bond acceptors (Lipinski definition) is 2. The standard InChI is InChI=1S/C14H21FN2/c1-3-17(9-11-7-8-11)13-6-4-5-12(15)14(13)10(2)16/h4-6,10-11H,3,7-9,16H2,1-2H3/t10-/m1/s1. The quantitative estimate of drug-likeness (QED) is 0.851. The molecule has 17 heavy (non-hydrogen) atoms. The van der Waals surface area contributed by atoms with E-state index in [-0.39, 0.29) is 11.9 Å². The Labute approximate surface area is 103 Å². The average Bonchev–Trinajstić information content (AvgIpc) is 3.08. The van der Waals surface area contributed by atoms with Gasteiger partial charge in [-0.2, -0.15) is 0 Å². The molecule has 1 saturated carbocycles. The molecule has 2 N–H and O–H groups in total. The fraction of sp³-hybridized carbons (Fsp3) is 0.571. The lowest BCUT2D eigenvalue weighted by Crippen LogP contribution is -2.27. The maximum atomic E-state index is 13.8. The topological polar surface area (TPSA) is 29.3 Å². The zero-order chi connectivity index (χ0) is 12.4. The van der Waals surface area contributed by atoms with Crippen molar-refractivity contribution in [2.24, 2.45) is 11.7 Å². The molecule has 0 radical (unpaired) electrons. The van der Waals surface area contributed by atoms with E-state index in [4.69, 9.17) is 5.73 Å². The van der Waals surface area contributed by atoms with Crippen molar-refractivity contribution in [3.05, 3.63) is 29.6 Å². The molecule has 1 aromatic carbocycles. The molecule has 0 heterocycles. The molecular formula is C14H21FN2. The van der Waals surface area contributed by atoms with Gasteiger partial charge >= 0.3 is 0 Å². The summed E-state index contributed by atoms with van der Waals surface area (Å²) in [7, 11) is 0. The maximum Gasteiger partial charge on any atom is 0.130 e. The highest BCUT2D eigenvalue weighted by atomic mass is 19.1. The molecule has 2 nitrogen and oxygen atoms in total. The van der Waals surface area contributed by atoms with E-state index >= 15 is 0 Å². The summed E-state index contributed by atoms with van der Waals surface area (Å²) in [5.74, 6) is 0.603. The Morgan fingerprint density at radius 3 is 2.71 bits per heavy atom. The van der Waals surface area contributed by atoms with Crippen molar-refractivity contribution in [1.82, 2.24) is 0 Å². The fourth-order valence-corrected chi connectivity index (χ4v) is 2.26. The molecule has 0 amide bonds. The second-order valence-electron chi connectivity index (χ2n) is 4.94. The number of nitrogens with two attached hydrogens (primary N) is 1. The molecule has 1 atom stereocenters. The maximum absolute atomic E-state index is 13.8. The normalized spacial score (nSPS) is 16.9. The molecular weight excluding hydrogens is 215 g/mol. The Bertz CT molecular complexity index is 386. The number of hydrogen-bond donors (Lipinski definition) is 1. The summed E-state index contributed by atoms with van der Waals surface area (Å²) in [5, 5.41) is 0. The molecule has 0 saturated heterocycles. The smallest absolute Gasteiger partial charge is 0.130 e. The molecule has 3 heteroatoms. The van der Waals surface area contributed by atoms with Crippen LogP contribution in [0.4, 0.5) is 10.1 Å². The van der Waals surface area contributed by atoms with Crippen molar-refractivity contribution in [3.8, 4) is 0 Å². The van der Waals surface area contributed by atoms with Crippen LogP contribution >= 0.6 is 0 Å². The van der Waals surface area contributed by atoms with Crippen LogP contribution in [-0.4, -0.2) is 13.1 Å². The van der Waals surface area contributed by atoms with Gasteiger partial charge in [-0.15, -0.1) is 0 Å². The second-order valence-corrected chi connectivity index (χ2v) is 4.94. The predicted octanol–water partition coefficient (Wildman–Crippen LogP) is 3.08. The van der Waals surface area contributed by atoms with E-state index in [1.165, 1.54) is 18.9 Å². The van der Waals surface area contributed by atoms with Gasteiger partial charge in [0.05, 0.1) is 0 Å². The molecule has 2 rings (SSSR count). The van der Waals surface area contributed by atoms with E-state index in [0.717, 1.165) is 24.7 Å². The summed E-state index contributed by atoms with van der Waals surface area (Å²) in [6.45, 7) is 5.88. The Hall–Kier alpha value is -1.09. The van der Waals surface area contributed by atoms with Crippen molar-refractivity contribution >= 4 is 5.69 Å². The molecule has 94 valence electrons. The third kappa shape index (κ3) is 2.78. The largest absolute Gasteiger partial charge is 0.371 e. The van der Waals surface area contributed by atoms with Crippen molar-refractivity contribution < 1.29 is 4.39 Å². The third-order valence-electron chi connectivity index (χ3n) is 3.38. The lowest BCUT2D eigenvalue weighted by Gasteiger charge is -2.27. The molecule has 0 aliphatic heterocycles. The first kappa shape index (κ1) is 12.4. The summed E-state index contributed by atoms with van der Waals surface area (Å²) in [6, 6.07) is 4.98. The van der Waals surface area contributed by atoms with Gasteiger partial charge in [0.2, 0.25) is 0 Å². The highest BCUT2D eigenvalue weighted by Gasteiger charge is 2.25. The highest BCUT2D eigenvalue weighted by molar-refractivity contribution is 5.55. The third-order valence-corrected chi connectivity index (χ3v) is 3.38. The predicted molar refractivity (Wildman–Crippen MR) is 69.6 cm³/mol. The van der Waals surface area contributed by atoms with E-state index < -0.39 is 0 Å². The molecule has 1 aliphatic rings. The summed E-state index contributed by atoms with van der Waals surface area (Å²) < 4.78 is 13.8. The summed E-state index contributed by atoms with van der Waals surface area (Å²) in [6.07, 6.45) is 2.61. The molecule has 0 bridgehead atoms. The van der Waals surface area contributed by atoms with Gasteiger partial charge in [-0.05, 0) is 44.7 Å². The number of halogens is 1. The van der Waals surface area contributed by atoms with Crippen LogP contribution in [0.15, 0.2) is 18.2 Å². The summed E-state index contributed by atoms with van der Waals surface area (Å²) in [5.41, 5.74) is 7.50. The molecule has 0 aromatic heterocycles. The van der Waals surface area contributed by atoms with Crippen LogP contribution in [0.25, 0.3) is 0 Å². The summed E-state index contributed by atoms with van der Waals surface area (Å²) in [4.78, 5) is 2.25. The van der Waals surface area contributed by atoms with E-state index in [2.05, 4.69) is 11.8 Å². The van der Waals surface area contributed by atoms with Crippen LogP contribution in [0.2, 0.25) is 0 Å². The van der Waals surface area contributed by atoms with Crippen LogP contribution in [0.3, 0.4) is 0 Å². The average molecular weight is 236 g/mol. The van der Waals surface area contributed by atoms with Gasteiger partial charge in [-0.1, -0.05) is 6.07 Å². The first-order chi connectivity index (χ1) is 8.13. The van der Waals surface area contributed by atoms with Gasteiger partial charge < -0.3 is 10.6 Å². The minimum Gasteiger partial charge on any atom is -0.371 e. The van der Waals surface area contributed by atoms with Crippen molar-refractivity contribution in [3.63, 3.8) is 0 Å². The van der Waals surface area contributed by atoms with Gasteiger partial charge in [-0.3, -0.25) is 0 Å². The lowest BCUT2D eigenvalue weighted by atomic mass is 10.0. The van der Waals surface area contributed by atoms with Crippen molar-refractivity contribution in [1.29, 1.82) is 0 Å². The van der Waals surface area contributed by atoms with E-state index in [9.17, 15) is 4.39 Å². The van der Waals surface area contributed by atoms with Crippen LogP contribution in [0, 0.1) is 11.7 Å². The number of nitrogens with zero attached hydrogens (tertiary/aromatic N) is 1. The summed E-state index contributed by atoms with van der Waals surface area (Å²) >= 11 is 0. The minimum atomic E-state index is -0.264. The Morgan fingerprint density at radius 2 is 2.18 bits per heavy atom. The van der Waals surface area contributed by atoms with E-state index in [1.54, 1.807) is 6.07 Å². The number of rotatable bonds is 5. The number of benzene rings is 1. The zero-order valence-corrected chi connectivity index (χ0v) is 10.6. The van der Waals surface area contributed by atoms with Crippen LogP contribution in [0.1, 0.15) is 38.3 Å². The van der Waals surface area contributed by atoms with Crippen LogP contribution < -0.4 is 10.6 Å². The van der Waals surface area contributed by atoms with Gasteiger partial charge in [0.25, 0.3) is 0 Å². The van der Waals surface area contributed by atoms with Crippen molar-refractivity contribution in [2.45, 2.75) is 32.7 Å². The van der Waals surface area contributed by atoms with Gasteiger partial charge in [0.1, 0.15) is 5.82 Å². The first-order valence-electron chi connectivity index (χ1n) is 6.42. The SMILES string of the molecule is CCN(CC1CC1)c1cccc(F)c1[C@@H](C)N. The lowest BCUT2D eigenvalue weighted by molar-refractivity contribution is 0.590. The first-order valence-corrected chi connectivity index (χ1v) is 6.42. The second kappa shape index (κ2) is 5.05. The zero-order valence-electron chi connectivity index (χ0n) is 10.6. The number of anilines is 1. The monoisotopic (exact) mass is 236 g/mol. The minimum absolute atomic E-state index is 0.188. The molecule has 0 unspecified atom stereocenters. The van der Waals surface area contributed by atoms with Gasteiger partial charge in [-0.25, -0.2) is 4.39 Å². The van der Waals surface area contributed by atoms with Crippen LogP contribution in [0.5, 0.6) is 0 Å². The molecule has 1 fully saturated rings. The Balaban J connectivity index is 2.30. The van der Waals surface area contributed by atoms with Crippen molar-refractivity contribution in [2.75, 3.05) is 18.0 Å². The van der Waals surface area contributed by atoms with E-state index in [0.29, 0.717) is 5.56 Å². The Morgan fingerprint density at radius 1 is 1.47 bits per heavy atom. The molecule has 0 spiro atoms. The Kier molecular flexibility index (Phi) is 3.67. The van der Waals surface area contributed by atoms with Crippen LogP contribution in [-0.2, 0) is 0 Å². The fourth-order valence-electron chi connectivity index (χ4n) is 2.26. The van der Waals surface area contributed by atoms with E-state index in [1.807, 2.05) is 13.0 Å².